The van der Waals surface area contributed by atoms with Crippen molar-refractivity contribution in [1.82, 2.24) is 0 Å². The minimum Gasteiger partial charge on any atom is -0.474 e. The van der Waals surface area contributed by atoms with Crippen LogP contribution >= 0.6 is 0 Å². The third-order valence-electron chi connectivity index (χ3n) is 2.92. The monoisotopic (exact) mass is 273 g/mol. The minimum absolute atomic E-state index is 0.313. The molecule has 0 spiro atoms. The summed E-state index contributed by atoms with van der Waals surface area (Å²) in [5.41, 5.74) is 1.11. The maximum atomic E-state index is 13.9. The van der Waals surface area contributed by atoms with Crippen LogP contribution in [0.25, 0.3) is 11.1 Å². The molecule has 2 rings (SSSR count). The van der Waals surface area contributed by atoms with E-state index < -0.39 is 17.7 Å². The Morgan fingerprint density at radius 3 is 2.15 bits per heavy atom. The molecular weight excluding hydrogens is 261 g/mol. The van der Waals surface area contributed by atoms with Crippen LogP contribution in [0.4, 0.5) is 10.1 Å². The lowest BCUT2D eigenvalue weighted by Crippen LogP contribution is -2.33. The molecule has 0 unspecified atom stereocenters. The van der Waals surface area contributed by atoms with Gasteiger partial charge in [-0.25, -0.2) is 9.18 Å². The quantitative estimate of drug-likeness (QED) is 0.855. The van der Waals surface area contributed by atoms with Gasteiger partial charge in [0.2, 0.25) is 0 Å². The van der Waals surface area contributed by atoms with Crippen LogP contribution in [0.15, 0.2) is 48.5 Å². The smallest absolute Gasteiger partial charge is 0.394 e. The van der Waals surface area contributed by atoms with Crippen molar-refractivity contribution in [2.75, 3.05) is 11.9 Å². The molecule has 0 saturated heterocycles. The average molecular weight is 273 g/mol. The van der Waals surface area contributed by atoms with Crippen LogP contribution in [-0.2, 0) is 9.59 Å². The highest BCUT2D eigenvalue weighted by atomic mass is 19.1. The molecule has 5 heteroatoms. The third kappa shape index (κ3) is 2.51. The Hall–Kier alpha value is -2.69. The van der Waals surface area contributed by atoms with Gasteiger partial charge in [-0.2, -0.15) is 0 Å². The molecule has 2 aromatic rings. The fraction of sp³-hybridized carbons (Fsp3) is 0.0667. The summed E-state index contributed by atoms with van der Waals surface area (Å²) >= 11 is 0. The number of carboxylic acids is 1. The van der Waals surface area contributed by atoms with E-state index in [0.717, 1.165) is 4.90 Å². The second-order valence-corrected chi connectivity index (χ2v) is 4.17. The highest BCUT2D eigenvalue weighted by Crippen LogP contribution is 2.31. The van der Waals surface area contributed by atoms with Crippen molar-refractivity contribution in [1.29, 1.82) is 0 Å². The van der Waals surface area contributed by atoms with E-state index in [-0.39, 0.29) is 0 Å². The van der Waals surface area contributed by atoms with Crippen LogP contribution in [0.1, 0.15) is 0 Å². The summed E-state index contributed by atoms with van der Waals surface area (Å²) in [7, 11) is 1.34. The van der Waals surface area contributed by atoms with E-state index in [0.29, 0.717) is 16.8 Å². The van der Waals surface area contributed by atoms with Crippen molar-refractivity contribution in [2.45, 2.75) is 0 Å². The molecule has 2 aromatic carbocycles. The minimum atomic E-state index is -1.56. The highest BCUT2D eigenvalue weighted by molar-refractivity contribution is 6.37. The van der Waals surface area contributed by atoms with Gasteiger partial charge in [0.25, 0.3) is 0 Å². The molecule has 4 nitrogen and oxygen atoms in total. The van der Waals surface area contributed by atoms with Crippen LogP contribution < -0.4 is 4.90 Å². The number of carboxylic acid groups (broad SMARTS) is 1. The van der Waals surface area contributed by atoms with Crippen molar-refractivity contribution in [2.24, 2.45) is 0 Å². The van der Waals surface area contributed by atoms with Gasteiger partial charge in [0, 0.05) is 18.2 Å². The lowest BCUT2D eigenvalue weighted by atomic mass is 10.0. The standard InChI is InChI=1S/C15H12FNO3/c1-17(14(18)15(19)20)13-9-5-3-7-11(13)10-6-2-4-8-12(10)16/h2-9H,1H3,(H,19,20). The second kappa shape index (κ2) is 5.52. The predicted molar refractivity (Wildman–Crippen MR) is 72.9 cm³/mol. The van der Waals surface area contributed by atoms with Crippen LogP contribution in [0.5, 0.6) is 0 Å². The summed E-state index contributed by atoms with van der Waals surface area (Å²) < 4.78 is 13.9. The van der Waals surface area contributed by atoms with Crippen LogP contribution in [0.3, 0.4) is 0 Å². The lowest BCUT2D eigenvalue weighted by Gasteiger charge is -2.19. The second-order valence-electron chi connectivity index (χ2n) is 4.17. The largest absolute Gasteiger partial charge is 0.474 e. The molecule has 1 N–H and O–H groups in total. The number of rotatable bonds is 2. The predicted octanol–water partition coefficient (Wildman–Crippen LogP) is 2.54. The zero-order chi connectivity index (χ0) is 14.7. The van der Waals surface area contributed by atoms with Gasteiger partial charge in [0.05, 0.1) is 5.69 Å². The van der Waals surface area contributed by atoms with E-state index in [1.165, 1.54) is 13.1 Å². The Bertz CT molecular complexity index is 670. The third-order valence-corrected chi connectivity index (χ3v) is 2.92. The molecule has 102 valence electrons. The Morgan fingerprint density at radius 1 is 1.00 bits per heavy atom. The summed E-state index contributed by atoms with van der Waals surface area (Å²) in [6.45, 7) is 0. The molecule has 0 fully saturated rings. The molecule has 0 aliphatic heterocycles. The maximum Gasteiger partial charge on any atom is 0.394 e. The van der Waals surface area contributed by atoms with Crippen LogP contribution in [-0.4, -0.2) is 24.0 Å². The van der Waals surface area contributed by atoms with E-state index in [1.807, 2.05) is 0 Å². The molecule has 0 bridgehead atoms. The van der Waals surface area contributed by atoms with Crippen molar-refractivity contribution >= 4 is 17.6 Å². The average Bonchev–Trinajstić information content (AvgIpc) is 2.46. The number of amides is 1. The highest BCUT2D eigenvalue weighted by Gasteiger charge is 2.21. The first-order valence-electron chi connectivity index (χ1n) is 5.87. The molecule has 0 aromatic heterocycles. The molecule has 0 aliphatic carbocycles. The zero-order valence-electron chi connectivity index (χ0n) is 10.7. The fourth-order valence-electron chi connectivity index (χ4n) is 1.93. The van der Waals surface area contributed by atoms with Gasteiger partial charge < -0.3 is 10.0 Å². The first-order chi connectivity index (χ1) is 9.52. The lowest BCUT2D eigenvalue weighted by molar-refractivity contribution is -0.148. The van der Waals surface area contributed by atoms with Crippen molar-refractivity contribution in [3.8, 4) is 11.1 Å². The molecule has 20 heavy (non-hydrogen) atoms. The summed E-state index contributed by atoms with van der Waals surface area (Å²) in [5, 5.41) is 8.76. The number of para-hydroxylation sites is 1. The number of nitrogens with zero attached hydrogens (tertiary/aromatic N) is 1. The SMILES string of the molecule is CN(C(=O)C(=O)O)c1ccccc1-c1ccccc1F. The maximum absolute atomic E-state index is 13.9. The topological polar surface area (TPSA) is 57.6 Å². The number of carbonyl (C=O) groups excluding carboxylic acids is 1. The Balaban J connectivity index is 2.55. The molecule has 1 amide bonds. The van der Waals surface area contributed by atoms with E-state index in [2.05, 4.69) is 0 Å². The molecule has 0 heterocycles. The summed E-state index contributed by atoms with van der Waals surface area (Å²) in [6, 6.07) is 12.7. The molecule has 0 aliphatic rings. The number of halogens is 1. The number of anilines is 1. The number of likely N-dealkylation sites (N-methyl/N-ethyl adjacent to an activating group) is 1. The number of benzene rings is 2. The van der Waals surface area contributed by atoms with Gasteiger partial charge >= 0.3 is 11.9 Å². The van der Waals surface area contributed by atoms with Crippen molar-refractivity contribution in [3.05, 3.63) is 54.3 Å². The summed E-state index contributed by atoms with van der Waals surface area (Å²) in [6.07, 6.45) is 0. The van der Waals surface area contributed by atoms with Gasteiger partial charge in [-0.05, 0) is 12.1 Å². The van der Waals surface area contributed by atoms with Gasteiger partial charge in [0.1, 0.15) is 5.82 Å². The normalized spacial score (nSPS) is 10.1. The van der Waals surface area contributed by atoms with E-state index in [4.69, 9.17) is 5.11 Å². The van der Waals surface area contributed by atoms with Gasteiger partial charge in [-0.15, -0.1) is 0 Å². The van der Waals surface area contributed by atoms with Crippen LogP contribution in [0.2, 0.25) is 0 Å². The summed E-state index contributed by atoms with van der Waals surface area (Å²) in [4.78, 5) is 23.3. The van der Waals surface area contributed by atoms with Crippen molar-refractivity contribution < 1.29 is 19.1 Å². The van der Waals surface area contributed by atoms with Crippen molar-refractivity contribution in [3.63, 3.8) is 0 Å². The van der Waals surface area contributed by atoms with E-state index in [9.17, 15) is 14.0 Å². The Labute approximate surface area is 115 Å². The number of hydrogen-bond acceptors (Lipinski definition) is 2. The zero-order valence-corrected chi connectivity index (χ0v) is 10.7. The van der Waals surface area contributed by atoms with Gasteiger partial charge in [0.15, 0.2) is 0 Å². The molecule has 0 atom stereocenters. The molecule has 0 radical (unpaired) electrons. The first-order valence-corrected chi connectivity index (χ1v) is 5.87. The number of hydrogen-bond donors (Lipinski definition) is 1. The van der Waals surface area contributed by atoms with Crippen LogP contribution in [0, 0.1) is 5.82 Å². The number of aliphatic carboxylic acids is 1. The Kier molecular flexibility index (Phi) is 3.79. The Morgan fingerprint density at radius 2 is 1.55 bits per heavy atom. The number of carbonyl (C=O) groups is 2. The van der Waals surface area contributed by atoms with Gasteiger partial charge in [-0.3, -0.25) is 4.79 Å². The van der Waals surface area contributed by atoms with Gasteiger partial charge in [-0.1, -0.05) is 36.4 Å². The van der Waals surface area contributed by atoms with E-state index >= 15 is 0 Å². The fourth-order valence-corrected chi connectivity index (χ4v) is 1.93. The summed E-state index contributed by atoms with van der Waals surface area (Å²) in [5.74, 6) is -3.07. The first kappa shape index (κ1) is 13.7. The molecular formula is C15H12FNO3. The van der Waals surface area contributed by atoms with E-state index in [1.54, 1.807) is 42.5 Å². The molecule has 0 saturated carbocycles.